The van der Waals surface area contributed by atoms with Crippen molar-refractivity contribution in [2.75, 3.05) is 5.32 Å². The zero-order chi connectivity index (χ0) is 20.9. The van der Waals surface area contributed by atoms with Crippen molar-refractivity contribution in [1.29, 1.82) is 0 Å². The number of aromatic nitrogens is 3. The summed E-state index contributed by atoms with van der Waals surface area (Å²) in [5.74, 6) is -0.349. The van der Waals surface area contributed by atoms with Crippen molar-refractivity contribution in [3.05, 3.63) is 59.1 Å². The first-order chi connectivity index (χ1) is 14.6. The summed E-state index contributed by atoms with van der Waals surface area (Å²) in [6.45, 7) is 0. The minimum Gasteiger partial charge on any atom is -0.348 e. The van der Waals surface area contributed by atoms with Crippen LogP contribution in [0, 0.1) is 5.92 Å². The van der Waals surface area contributed by atoms with Crippen LogP contribution in [0.2, 0.25) is 5.02 Å². The third-order valence-corrected chi connectivity index (χ3v) is 6.33. The van der Waals surface area contributed by atoms with E-state index in [1.807, 2.05) is 12.1 Å². The molecule has 3 aromatic rings. The molecule has 0 spiro atoms. The topological polar surface area (TPSA) is 96.9 Å². The largest absolute Gasteiger partial charge is 0.348 e. The number of nitrogens with one attached hydrogen (secondary N) is 2. The molecule has 1 saturated carbocycles. The van der Waals surface area contributed by atoms with Crippen LogP contribution in [-0.2, 0) is 4.79 Å². The van der Waals surface area contributed by atoms with E-state index in [-0.39, 0.29) is 23.8 Å². The predicted molar refractivity (Wildman–Crippen MR) is 116 cm³/mol. The second kappa shape index (κ2) is 9.32. The monoisotopic (exact) mass is 441 g/mol. The van der Waals surface area contributed by atoms with Crippen LogP contribution in [-0.4, -0.2) is 32.8 Å². The number of amides is 2. The molecule has 154 valence electrons. The first kappa shape index (κ1) is 20.4. The molecule has 1 aliphatic rings. The molecule has 3 heterocycles. The normalized spacial score (nSPS) is 18.6. The lowest BCUT2D eigenvalue weighted by atomic mass is 9.85. The molecule has 0 saturated heterocycles. The van der Waals surface area contributed by atoms with Crippen molar-refractivity contribution in [3.63, 3.8) is 0 Å². The van der Waals surface area contributed by atoms with Gasteiger partial charge in [-0.3, -0.25) is 19.6 Å². The number of halogens is 1. The van der Waals surface area contributed by atoms with Crippen LogP contribution in [0.1, 0.15) is 36.2 Å². The second-order valence-corrected chi connectivity index (χ2v) is 8.41. The van der Waals surface area contributed by atoms with Crippen LogP contribution in [0.15, 0.2) is 48.4 Å². The van der Waals surface area contributed by atoms with Gasteiger partial charge in [0.2, 0.25) is 5.91 Å². The number of hydrogen-bond acceptors (Lipinski definition) is 6. The number of hydrogen-bond donors (Lipinski definition) is 2. The summed E-state index contributed by atoms with van der Waals surface area (Å²) in [4.78, 5) is 37.6. The highest BCUT2D eigenvalue weighted by atomic mass is 35.5. The first-order valence-electron chi connectivity index (χ1n) is 9.67. The van der Waals surface area contributed by atoms with E-state index in [4.69, 9.17) is 11.6 Å². The van der Waals surface area contributed by atoms with Gasteiger partial charge in [-0.15, -0.1) is 11.3 Å². The molecule has 2 N–H and O–H groups in total. The van der Waals surface area contributed by atoms with Gasteiger partial charge in [0.05, 0.1) is 16.9 Å². The Morgan fingerprint density at radius 3 is 2.60 bits per heavy atom. The summed E-state index contributed by atoms with van der Waals surface area (Å²) in [5, 5.41) is 8.88. The molecule has 0 aliphatic heterocycles. The molecule has 0 atom stereocenters. The molecule has 1 aliphatic carbocycles. The number of anilines is 1. The Bertz CT molecular complexity index is 1030. The van der Waals surface area contributed by atoms with Crippen molar-refractivity contribution in [2.24, 2.45) is 5.92 Å². The minimum absolute atomic E-state index is 0.0343. The zero-order valence-electron chi connectivity index (χ0n) is 16.0. The van der Waals surface area contributed by atoms with Gasteiger partial charge in [-0.05, 0) is 43.9 Å². The number of carbonyl (C=O) groups excluding carboxylic acids is 2. The van der Waals surface area contributed by atoms with Crippen LogP contribution >= 0.6 is 22.9 Å². The lowest BCUT2D eigenvalue weighted by molar-refractivity contribution is -0.120. The minimum atomic E-state index is -0.184. The average Bonchev–Trinajstić information content (AvgIpc) is 3.27. The summed E-state index contributed by atoms with van der Waals surface area (Å²) in [7, 11) is 0. The maximum atomic E-state index is 12.6. The Kier molecular flexibility index (Phi) is 6.35. The van der Waals surface area contributed by atoms with Crippen LogP contribution in [0.3, 0.4) is 0 Å². The van der Waals surface area contributed by atoms with Crippen LogP contribution in [0.4, 0.5) is 5.69 Å². The molecular formula is C21H20ClN5O2S. The molecule has 0 bridgehead atoms. The van der Waals surface area contributed by atoms with Gasteiger partial charge in [-0.2, -0.15) is 0 Å². The summed E-state index contributed by atoms with van der Waals surface area (Å²) in [6.07, 6.45) is 9.43. The van der Waals surface area contributed by atoms with Crippen molar-refractivity contribution < 1.29 is 9.59 Å². The summed E-state index contributed by atoms with van der Waals surface area (Å²) in [6, 6.07) is 5.43. The lowest BCUT2D eigenvalue weighted by Crippen LogP contribution is -2.39. The van der Waals surface area contributed by atoms with Gasteiger partial charge in [-0.1, -0.05) is 11.6 Å². The maximum absolute atomic E-state index is 12.6. The number of thiazole rings is 1. The second-order valence-electron chi connectivity index (χ2n) is 7.15. The third-order valence-electron chi connectivity index (χ3n) is 5.10. The highest BCUT2D eigenvalue weighted by Gasteiger charge is 2.28. The van der Waals surface area contributed by atoms with Crippen molar-refractivity contribution in [2.45, 2.75) is 31.7 Å². The molecule has 1 fully saturated rings. The number of rotatable bonds is 5. The van der Waals surface area contributed by atoms with Gasteiger partial charge in [0, 0.05) is 41.5 Å². The van der Waals surface area contributed by atoms with E-state index >= 15 is 0 Å². The van der Waals surface area contributed by atoms with Crippen molar-refractivity contribution in [1.82, 2.24) is 20.3 Å². The van der Waals surface area contributed by atoms with E-state index in [1.54, 1.807) is 36.2 Å². The molecule has 7 nitrogen and oxygen atoms in total. The quantitative estimate of drug-likeness (QED) is 0.619. The van der Waals surface area contributed by atoms with Crippen LogP contribution in [0.5, 0.6) is 0 Å². The molecule has 0 radical (unpaired) electrons. The Labute approximate surface area is 182 Å². The molecule has 2 amide bonds. The fourth-order valence-corrected chi connectivity index (χ4v) is 4.41. The first-order valence-corrected chi connectivity index (χ1v) is 10.9. The molecular weight excluding hydrogens is 422 g/mol. The number of pyridine rings is 2. The Morgan fingerprint density at radius 1 is 1.07 bits per heavy atom. The number of nitrogens with zero attached hydrogens (tertiary/aromatic N) is 3. The Hall–Kier alpha value is -2.84. The van der Waals surface area contributed by atoms with Gasteiger partial charge in [0.1, 0.15) is 10.7 Å². The van der Waals surface area contributed by atoms with E-state index in [0.717, 1.165) is 23.4 Å². The average molecular weight is 442 g/mol. The third kappa shape index (κ3) is 4.83. The summed E-state index contributed by atoms with van der Waals surface area (Å²) >= 11 is 7.49. The van der Waals surface area contributed by atoms with Gasteiger partial charge in [0.15, 0.2) is 0 Å². The molecule has 4 rings (SSSR count). The van der Waals surface area contributed by atoms with Gasteiger partial charge >= 0.3 is 0 Å². The van der Waals surface area contributed by atoms with Gasteiger partial charge < -0.3 is 10.6 Å². The summed E-state index contributed by atoms with van der Waals surface area (Å²) < 4.78 is 0. The fourth-order valence-electron chi connectivity index (χ4n) is 3.46. The van der Waals surface area contributed by atoms with Gasteiger partial charge in [-0.25, -0.2) is 4.98 Å². The lowest BCUT2D eigenvalue weighted by Gasteiger charge is -2.28. The molecule has 30 heavy (non-hydrogen) atoms. The highest BCUT2D eigenvalue weighted by Crippen LogP contribution is 2.28. The van der Waals surface area contributed by atoms with E-state index in [0.29, 0.717) is 29.2 Å². The van der Waals surface area contributed by atoms with E-state index in [2.05, 4.69) is 25.6 Å². The smallest absolute Gasteiger partial charge is 0.270 e. The maximum Gasteiger partial charge on any atom is 0.270 e. The van der Waals surface area contributed by atoms with Crippen LogP contribution in [0.25, 0.3) is 10.6 Å². The van der Waals surface area contributed by atoms with Crippen molar-refractivity contribution in [3.8, 4) is 10.6 Å². The van der Waals surface area contributed by atoms with Crippen molar-refractivity contribution >= 4 is 40.4 Å². The van der Waals surface area contributed by atoms with E-state index in [1.165, 1.54) is 11.3 Å². The fraction of sp³-hybridized carbons (Fsp3) is 0.286. The summed E-state index contributed by atoms with van der Waals surface area (Å²) in [5.41, 5.74) is 1.82. The molecule has 3 aromatic heterocycles. The van der Waals surface area contributed by atoms with E-state index in [9.17, 15) is 9.59 Å². The number of carbonyl (C=O) groups is 2. The highest BCUT2D eigenvalue weighted by molar-refractivity contribution is 7.13. The van der Waals surface area contributed by atoms with E-state index < -0.39 is 0 Å². The van der Waals surface area contributed by atoms with Gasteiger partial charge in [0.25, 0.3) is 5.91 Å². The molecule has 0 unspecified atom stereocenters. The predicted octanol–water partition coefficient (Wildman–Crippen LogP) is 4.18. The van der Waals surface area contributed by atoms with Crippen LogP contribution < -0.4 is 10.6 Å². The molecule has 9 heteroatoms. The zero-order valence-corrected chi connectivity index (χ0v) is 17.6. The SMILES string of the molecule is O=C(N[C@H]1CC[C@H](C(=O)Nc2cnccc2Cl)CC1)c1csc(-c2cccnc2)n1. The Morgan fingerprint density at radius 2 is 1.87 bits per heavy atom. The Balaban J connectivity index is 1.28. The molecule has 0 aromatic carbocycles. The standard InChI is InChI=1S/C21H20ClN5O2S/c22-16-7-9-24-11-17(16)26-19(28)13-3-5-15(6-4-13)25-20(29)18-12-30-21(27-18)14-2-1-8-23-10-14/h1-2,7-13,15H,3-6H2,(H,25,29)(H,26,28)/t13-,15-.